The Hall–Kier alpha value is -1.56. The van der Waals surface area contributed by atoms with E-state index in [1.165, 1.54) is 31.4 Å². The normalized spacial score (nSPS) is 17.9. The van der Waals surface area contributed by atoms with Crippen LogP contribution in [-0.2, 0) is 11.2 Å². The third kappa shape index (κ3) is 6.24. The Bertz CT molecular complexity index is 389. The van der Waals surface area contributed by atoms with E-state index in [0.717, 1.165) is 6.04 Å². The highest BCUT2D eigenvalue weighted by Gasteiger charge is 2.38. The van der Waals surface area contributed by atoms with Crippen LogP contribution in [0.5, 0.6) is 0 Å². The lowest BCUT2D eigenvalue weighted by molar-refractivity contribution is -0.192. The van der Waals surface area contributed by atoms with Gasteiger partial charge in [0.2, 0.25) is 0 Å². The summed E-state index contributed by atoms with van der Waals surface area (Å²) in [6.45, 7) is 1.22. The van der Waals surface area contributed by atoms with Crippen LogP contribution in [0.2, 0.25) is 0 Å². The van der Waals surface area contributed by atoms with E-state index in [1.807, 2.05) is 0 Å². The van der Waals surface area contributed by atoms with Gasteiger partial charge in [0, 0.05) is 6.04 Å². The Labute approximate surface area is 109 Å². The summed E-state index contributed by atoms with van der Waals surface area (Å²) in [4.78, 5) is 8.90. The number of benzene rings is 1. The van der Waals surface area contributed by atoms with Gasteiger partial charge >= 0.3 is 12.1 Å². The largest absolute Gasteiger partial charge is 0.490 e. The van der Waals surface area contributed by atoms with Crippen molar-refractivity contribution < 1.29 is 23.1 Å². The quantitative estimate of drug-likeness (QED) is 0.891. The van der Waals surface area contributed by atoms with Gasteiger partial charge in [0.15, 0.2) is 0 Å². The smallest absolute Gasteiger partial charge is 0.475 e. The summed E-state index contributed by atoms with van der Waals surface area (Å²) < 4.78 is 31.7. The van der Waals surface area contributed by atoms with Crippen molar-refractivity contribution in [3.63, 3.8) is 0 Å². The van der Waals surface area contributed by atoms with Crippen molar-refractivity contribution in [2.45, 2.75) is 31.5 Å². The van der Waals surface area contributed by atoms with Crippen LogP contribution in [0.3, 0.4) is 0 Å². The van der Waals surface area contributed by atoms with Crippen molar-refractivity contribution in [2.75, 3.05) is 6.54 Å². The van der Waals surface area contributed by atoms with Gasteiger partial charge in [-0.25, -0.2) is 4.79 Å². The van der Waals surface area contributed by atoms with Gasteiger partial charge in [-0.1, -0.05) is 30.3 Å². The summed E-state index contributed by atoms with van der Waals surface area (Å²) in [5.74, 6) is -2.76. The number of carboxylic acid groups (broad SMARTS) is 1. The number of hydrogen-bond acceptors (Lipinski definition) is 2. The molecule has 0 saturated carbocycles. The van der Waals surface area contributed by atoms with Gasteiger partial charge < -0.3 is 10.4 Å². The minimum atomic E-state index is -5.08. The van der Waals surface area contributed by atoms with Crippen LogP contribution in [0.25, 0.3) is 0 Å². The molecular formula is C13H16F3NO2. The number of nitrogens with one attached hydrogen (secondary N) is 1. The molecule has 1 aliphatic rings. The molecule has 0 bridgehead atoms. The molecule has 0 spiro atoms. The minimum absolute atomic E-state index is 0.796. The molecule has 1 unspecified atom stereocenters. The number of carboxylic acids is 1. The highest BCUT2D eigenvalue weighted by atomic mass is 19.4. The van der Waals surface area contributed by atoms with Crippen molar-refractivity contribution >= 4 is 5.97 Å². The maximum Gasteiger partial charge on any atom is 0.490 e. The minimum Gasteiger partial charge on any atom is -0.475 e. The van der Waals surface area contributed by atoms with Gasteiger partial charge in [-0.15, -0.1) is 0 Å². The average molecular weight is 275 g/mol. The zero-order valence-electron chi connectivity index (χ0n) is 10.3. The number of alkyl halides is 3. The maximum atomic E-state index is 10.6. The molecule has 2 rings (SSSR count). The fraction of sp³-hybridized carbons (Fsp3) is 0.462. The van der Waals surface area contributed by atoms with E-state index in [9.17, 15) is 13.2 Å². The molecule has 3 nitrogen and oxygen atoms in total. The molecule has 106 valence electrons. The van der Waals surface area contributed by atoms with E-state index >= 15 is 0 Å². The van der Waals surface area contributed by atoms with E-state index in [-0.39, 0.29) is 0 Å². The maximum absolute atomic E-state index is 10.6. The van der Waals surface area contributed by atoms with Crippen LogP contribution in [0.15, 0.2) is 30.3 Å². The van der Waals surface area contributed by atoms with Crippen molar-refractivity contribution in [3.8, 4) is 0 Å². The highest BCUT2D eigenvalue weighted by molar-refractivity contribution is 5.73. The number of aliphatic carboxylic acids is 1. The Morgan fingerprint density at radius 2 is 1.84 bits per heavy atom. The summed E-state index contributed by atoms with van der Waals surface area (Å²) >= 11 is 0. The molecule has 1 atom stereocenters. The third-order valence-corrected chi connectivity index (χ3v) is 2.79. The van der Waals surface area contributed by atoms with Crippen LogP contribution >= 0.6 is 0 Å². The summed E-state index contributed by atoms with van der Waals surface area (Å²) in [6, 6.07) is 11.5. The Morgan fingerprint density at radius 3 is 2.21 bits per heavy atom. The topological polar surface area (TPSA) is 49.3 Å². The van der Waals surface area contributed by atoms with Crippen molar-refractivity contribution in [1.82, 2.24) is 5.32 Å². The lowest BCUT2D eigenvalue weighted by Crippen LogP contribution is -2.42. The second-order valence-electron chi connectivity index (χ2n) is 4.27. The van der Waals surface area contributed by atoms with E-state index in [2.05, 4.69) is 35.6 Å². The first-order valence-electron chi connectivity index (χ1n) is 5.97. The lowest BCUT2D eigenvalue weighted by atomic mass is 9.99. The number of carbonyl (C=O) groups is 1. The third-order valence-electron chi connectivity index (χ3n) is 2.79. The molecule has 0 aliphatic carbocycles. The molecule has 1 aliphatic heterocycles. The van der Waals surface area contributed by atoms with Gasteiger partial charge in [-0.05, 0) is 31.4 Å². The first-order chi connectivity index (χ1) is 8.89. The standard InChI is InChI=1S/C11H15N.C2HF3O2/c1-2-4-10(5-3-1)6-7-11-8-9-12-11;3-2(4,5)1(6)7/h1-5,11-12H,6-9H2;(H,6,7). The van der Waals surface area contributed by atoms with Crippen molar-refractivity contribution in [1.29, 1.82) is 0 Å². The molecule has 0 amide bonds. The van der Waals surface area contributed by atoms with E-state index in [0.29, 0.717) is 0 Å². The number of hydrogen-bond donors (Lipinski definition) is 2. The molecule has 0 radical (unpaired) electrons. The molecular weight excluding hydrogens is 259 g/mol. The summed E-state index contributed by atoms with van der Waals surface area (Å²) in [6.07, 6.45) is -1.20. The van der Waals surface area contributed by atoms with Gasteiger partial charge in [-0.2, -0.15) is 13.2 Å². The second kappa shape index (κ2) is 7.13. The zero-order valence-corrected chi connectivity index (χ0v) is 10.3. The molecule has 6 heteroatoms. The zero-order chi connectivity index (χ0) is 14.3. The van der Waals surface area contributed by atoms with Crippen molar-refractivity contribution in [3.05, 3.63) is 35.9 Å². The predicted molar refractivity (Wildman–Crippen MR) is 64.9 cm³/mol. The molecule has 1 aromatic carbocycles. The Kier molecular flexibility index (Phi) is 5.82. The Morgan fingerprint density at radius 1 is 1.32 bits per heavy atom. The average Bonchev–Trinajstić information content (AvgIpc) is 2.28. The SMILES string of the molecule is O=C(O)C(F)(F)F.c1ccc(CCC2CCN2)cc1. The first-order valence-corrected chi connectivity index (χ1v) is 5.97. The van der Waals surface area contributed by atoms with E-state index in [1.54, 1.807) is 0 Å². The van der Waals surface area contributed by atoms with Crippen LogP contribution < -0.4 is 5.32 Å². The monoisotopic (exact) mass is 275 g/mol. The van der Waals surface area contributed by atoms with Gasteiger partial charge in [0.25, 0.3) is 0 Å². The molecule has 1 aromatic rings. The molecule has 1 heterocycles. The van der Waals surface area contributed by atoms with Crippen molar-refractivity contribution in [2.24, 2.45) is 0 Å². The molecule has 0 aromatic heterocycles. The summed E-state index contributed by atoms with van der Waals surface area (Å²) in [5, 5.41) is 10.5. The van der Waals surface area contributed by atoms with Crippen LogP contribution in [-0.4, -0.2) is 29.8 Å². The lowest BCUT2D eigenvalue weighted by Gasteiger charge is -2.27. The Balaban J connectivity index is 0.000000224. The van der Waals surface area contributed by atoms with Gasteiger partial charge in [0.05, 0.1) is 0 Å². The summed E-state index contributed by atoms with van der Waals surface area (Å²) in [5.41, 5.74) is 1.46. The van der Waals surface area contributed by atoms with Gasteiger partial charge in [0.1, 0.15) is 0 Å². The molecule has 2 N–H and O–H groups in total. The van der Waals surface area contributed by atoms with Crippen LogP contribution in [0.4, 0.5) is 13.2 Å². The van der Waals surface area contributed by atoms with E-state index in [4.69, 9.17) is 9.90 Å². The fourth-order valence-corrected chi connectivity index (χ4v) is 1.58. The second-order valence-corrected chi connectivity index (χ2v) is 4.27. The first kappa shape index (κ1) is 15.5. The number of halogens is 3. The van der Waals surface area contributed by atoms with E-state index < -0.39 is 12.1 Å². The highest BCUT2D eigenvalue weighted by Crippen LogP contribution is 2.13. The summed E-state index contributed by atoms with van der Waals surface area (Å²) in [7, 11) is 0. The molecule has 19 heavy (non-hydrogen) atoms. The predicted octanol–water partition coefficient (Wildman–Crippen LogP) is 2.61. The molecule has 1 saturated heterocycles. The number of aryl methyl sites for hydroxylation is 1. The number of rotatable bonds is 3. The van der Waals surface area contributed by atoms with Crippen LogP contribution in [0, 0.1) is 0 Å². The van der Waals surface area contributed by atoms with Gasteiger partial charge in [-0.3, -0.25) is 0 Å². The van der Waals surface area contributed by atoms with Crippen LogP contribution in [0.1, 0.15) is 18.4 Å². The fourth-order valence-electron chi connectivity index (χ4n) is 1.58. The molecule has 1 fully saturated rings.